The fourth-order valence-electron chi connectivity index (χ4n) is 4.01. The van der Waals surface area contributed by atoms with Crippen LogP contribution in [0.4, 0.5) is 4.39 Å². The largest absolute Gasteiger partial charge is 0.497 e. The fourth-order valence-corrected chi connectivity index (χ4v) is 4.01. The van der Waals surface area contributed by atoms with E-state index < -0.39 is 17.0 Å². The van der Waals surface area contributed by atoms with Gasteiger partial charge in [-0.3, -0.25) is 4.79 Å². The summed E-state index contributed by atoms with van der Waals surface area (Å²) in [4.78, 5) is 26.6. The number of fused-ring (bicyclic) bond motifs is 1. The van der Waals surface area contributed by atoms with E-state index in [0.29, 0.717) is 11.3 Å². The predicted molar refractivity (Wildman–Crippen MR) is 117 cm³/mol. The first kappa shape index (κ1) is 20.7. The van der Waals surface area contributed by atoms with Gasteiger partial charge in [0.1, 0.15) is 29.5 Å². The van der Waals surface area contributed by atoms with Crippen molar-refractivity contribution >= 4 is 16.7 Å². The summed E-state index contributed by atoms with van der Waals surface area (Å²) in [6.07, 6.45) is 0. The third kappa shape index (κ3) is 3.79. The Morgan fingerprint density at radius 3 is 2.36 bits per heavy atom. The van der Waals surface area contributed by atoms with Crippen LogP contribution >= 0.6 is 0 Å². The maximum absolute atomic E-state index is 13.2. The summed E-state index contributed by atoms with van der Waals surface area (Å²) in [6.45, 7) is 0.495. The van der Waals surface area contributed by atoms with Gasteiger partial charge in [-0.1, -0.05) is 12.1 Å². The molecule has 0 unspecified atom stereocenters. The molecule has 1 saturated heterocycles. The number of amides is 1. The van der Waals surface area contributed by atoms with Gasteiger partial charge in [0, 0.05) is 5.56 Å². The first-order valence-corrected chi connectivity index (χ1v) is 10.2. The second-order valence-corrected chi connectivity index (χ2v) is 7.97. The molecule has 0 radical (unpaired) electrons. The number of aromatic amines is 1. The summed E-state index contributed by atoms with van der Waals surface area (Å²) in [5.41, 5.74) is -1.00. The van der Waals surface area contributed by atoms with Gasteiger partial charge in [-0.05, 0) is 69.7 Å². The third-order valence-electron chi connectivity index (χ3n) is 5.80. The van der Waals surface area contributed by atoms with Crippen molar-refractivity contribution in [1.82, 2.24) is 25.1 Å². The molecule has 0 saturated carbocycles. The highest BCUT2D eigenvalue weighted by Crippen LogP contribution is 2.31. The topological polar surface area (TPSA) is 102 Å². The quantitative estimate of drug-likeness (QED) is 0.484. The molecule has 10 heteroatoms. The smallest absolute Gasteiger partial charge is 0.361 e. The first-order chi connectivity index (χ1) is 16.0. The Morgan fingerprint density at radius 2 is 1.73 bits per heavy atom. The highest BCUT2D eigenvalue weighted by molar-refractivity contribution is 5.94. The molecule has 0 bridgehead atoms. The molecule has 9 nitrogen and oxygen atoms in total. The zero-order valence-electron chi connectivity index (χ0n) is 17.7. The van der Waals surface area contributed by atoms with Gasteiger partial charge >= 0.3 is 5.69 Å². The van der Waals surface area contributed by atoms with E-state index in [2.05, 4.69) is 15.5 Å². The Labute approximate surface area is 187 Å². The van der Waals surface area contributed by atoms with Crippen LogP contribution in [-0.4, -0.2) is 57.8 Å². The van der Waals surface area contributed by atoms with E-state index in [1.54, 1.807) is 12.0 Å². The van der Waals surface area contributed by atoms with Gasteiger partial charge in [-0.25, -0.2) is 14.3 Å². The minimum Gasteiger partial charge on any atom is -0.497 e. The monoisotopic (exact) mass is 449 g/mol. The van der Waals surface area contributed by atoms with Crippen LogP contribution in [0.1, 0.15) is 10.4 Å². The summed E-state index contributed by atoms with van der Waals surface area (Å²) < 4.78 is 25.7. The SMILES string of the molecule is COc1ccc2cc(OCC3(n4nn[nH]c4=O)CN(C(=O)c4ccc(F)cc4)C3)ccc2c1. The number of hydrogen-bond donors (Lipinski definition) is 1. The van der Waals surface area contributed by atoms with Crippen molar-refractivity contribution in [3.8, 4) is 11.5 Å². The molecule has 2 heterocycles. The molecule has 0 spiro atoms. The zero-order chi connectivity index (χ0) is 23.0. The van der Waals surface area contributed by atoms with E-state index in [0.717, 1.165) is 16.5 Å². The molecule has 4 aromatic rings. The van der Waals surface area contributed by atoms with Gasteiger partial charge in [0.2, 0.25) is 0 Å². The van der Waals surface area contributed by atoms with Crippen LogP contribution in [0.25, 0.3) is 10.8 Å². The summed E-state index contributed by atoms with van der Waals surface area (Å²) in [6, 6.07) is 16.7. The van der Waals surface area contributed by atoms with Gasteiger partial charge < -0.3 is 14.4 Å². The summed E-state index contributed by atoms with van der Waals surface area (Å²) in [5.74, 6) is 0.704. The number of carbonyl (C=O) groups is 1. The molecule has 1 N–H and O–H groups in total. The van der Waals surface area contributed by atoms with Crippen molar-refractivity contribution in [2.45, 2.75) is 5.54 Å². The average molecular weight is 449 g/mol. The lowest BCUT2D eigenvalue weighted by Crippen LogP contribution is -2.68. The number of nitrogens with zero attached hydrogens (tertiary/aromatic N) is 4. The lowest BCUT2D eigenvalue weighted by atomic mass is 9.90. The maximum Gasteiger partial charge on any atom is 0.361 e. The lowest BCUT2D eigenvalue weighted by Gasteiger charge is -2.48. The Kier molecular flexibility index (Phi) is 5.04. The van der Waals surface area contributed by atoms with Gasteiger partial charge in [-0.15, -0.1) is 0 Å². The molecule has 3 aromatic carbocycles. The minimum atomic E-state index is -0.880. The highest BCUT2D eigenvalue weighted by atomic mass is 19.1. The Bertz CT molecular complexity index is 1380. The number of ether oxygens (including phenoxy) is 2. The number of aromatic nitrogens is 4. The molecular weight excluding hydrogens is 429 g/mol. The van der Waals surface area contributed by atoms with Gasteiger partial charge in [0.25, 0.3) is 5.91 Å². The number of carbonyl (C=O) groups excluding carboxylic acids is 1. The number of nitrogens with one attached hydrogen (secondary N) is 1. The van der Waals surface area contributed by atoms with E-state index in [-0.39, 0.29) is 25.6 Å². The second kappa shape index (κ2) is 8.05. The van der Waals surface area contributed by atoms with Crippen LogP contribution in [0, 0.1) is 5.82 Å². The standard InChI is InChI=1S/C23H20FN5O4/c1-32-19-8-4-17-11-20(9-5-16(17)10-19)33-14-23(29-22(31)25-26-27-29)12-28(13-23)21(30)15-2-6-18(24)7-3-15/h2-11H,12-14H2,1H3,(H,25,27,31). The van der Waals surface area contributed by atoms with Crippen molar-refractivity contribution in [3.63, 3.8) is 0 Å². The normalized spacial score (nSPS) is 14.7. The number of hydrogen-bond acceptors (Lipinski definition) is 6. The van der Waals surface area contributed by atoms with E-state index >= 15 is 0 Å². The van der Waals surface area contributed by atoms with Crippen LogP contribution < -0.4 is 15.2 Å². The van der Waals surface area contributed by atoms with Gasteiger partial charge in [0.05, 0.1) is 20.2 Å². The van der Waals surface area contributed by atoms with Crippen LogP contribution in [0.3, 0.4) is 0 Å². The molecule has 33 heavy (non-hydrogen) atoms. The predicted octanol–water partition coefficient (Wildman–Crippen LogP) is 2.20. The van der Waals surface area contributed by atoms with E-state index in [1.165, 1.54) is 28.9 Å². The number of likely N-dealkylation sites (tertiary alicyclic amines) is 1. The fraction of sp³-hybridized carbons (Fsp3) is 0.217. The van der Waals surface area contributed by atoms with Crippen LogP contribution in [0.2, 0.25) is 0 Å². The van der Waals surface area contributed by atoms with Crippen molar-refractivity contribution in [2.24, 2.45) is 0 Å². The summed E-state index contributed by atoms with van der Waals surface area (Å²) in [7, 11) is 1.62. The average Bonchev–Trinajstić information content (AvgIpc) is 3.24. The molecule has 0 atom stereocenters. The van der Waals surface area contributed by atoms with E-state index in [9.17, 15) is 14.0 Å². The van der Waals surface area contributed by atoms with Gasteiger partial charge in [-0.2, -0.15) is 4.68 Å². The molecule has 1 aliphatic rings. The Balaban J connectivity index is 1.36. The molecule has 168 valence electrons. The number of halogens is 1. The van der Waals surface area contributed by atoms with Crippen molar-refractivity contribution < 1.29 is 18.7 Å². The minimum absolute atomic E-state index is 0.105. The molecule has 1 amide bonds. The second-order valence-electron chi connectivity index (χ2n) is 7.97. The van der Waals surface area contributed by atoms with E-state index in [1.807, 2.05) is 36.4 Å². The number of methoxy groups -OCH3 is 1. The summed E-state index contributed by atoms with van der Waals surface area (Å²) in [5, 5.41) is 11.7. The van der Waals surface area contributed by atoms with Crippen LogP contribution in [0.5, 0.6) is 11.5 Å². The Hall–Kier alpha value is -4.21. The summed E-state index contributed by atoms with van der Waals surface area (Å²) >= 11 is 0. The number of rotatable bonds is 6. The molecule has 1 fully saturated rings. The highest BCUT2D eigenvalue weighted by Gasteiger charge is 2.50. The van der Waals surface area contributed by atoms with Crippen molar-refractivity contribution in [3.05, 3.63) is 82.5 Å². The lowest BCUT2D eigenvalue weighted by molar-refractivity contribution is -0.0215. The number of tetrazole rings is 1. The molecular formula is C23H20FN5O4. The molecule has 1 aromatic heterocycles. The molecule has 0 aliphatic carbocycles. The van der Waals surface area contributed by atoms with Crippen molar-refractivity contribution in [2.75, 3.05) is 26.8 Å². The third-order valence-corrected chi connectivity index (χ3v) is 5.80. The van der Waals surface area contributed by atoms with Crippen LogP contribution in [-0.2, 0) is 5.54 Å². The number of H-pyrrole nitrogens is 1. The maximum atomic E-state index is 13.2. The van der Waals surface area contributed by atoms with Gasteiger partial charge in [0.15, 0.2) is 0 Å². The molecule has 5 rings (SSSR count). The van der Waals surface area contributed by atoms with Crippen molar-refractivity contribution in [1.29, 1.82) is 0 Å². The Morgan fingerprint density at radius 1 is 1.06 bits per heavy atom. The van der Waals surface area contributed by atoms with Crippen LogP contribution in [0.15, 0.2) is 65.5 Å². The molecule has 1 aliphatic heterocycles. The first-order valence-electron chi connectivity index (χ1n) is 10.2. The van der Waals surface area contributed by atoms with E-state index in [4.69, 9.17) is 9.47 Å². The zero-order valence-corrected chi connectivity index (χ0v) is 17.7. The number of benzene rings is 3.